The van der Waals surface area contributed by atoms with E-state index in [2.05, 4.69) is 12.2 Å². The molecule has 2 aromatic rings. The number of carbonyl (C=O) groups is 2. The minimum Gasteiger partial charge on any atom is -0.307 e. The molecule has 1 atom stereocenters. The topological polar surface area (TPSA) is 49.4 Å². The lowest BCUT2D eigenvalue weighted by Gasteiger charge is -2.49. The third-order valence-corrected chi connectivity index (χ3v) is 7.46. The SMILES string of the molecule is CC1(c2ccccc2)CC(C)(C)N2C(=O)C(=C3SC(=S)NC3=O)c3cc(F)cc1c32. The van der Waals surface area contributed by atoms with Crippen LogP contribution in [0.1, 0.15) is 43.9 Å². The highest BCUT2D eigenvalue weighted by molar-refractivity contribution is 8.27. The summed E-state index contributed by atoms with van der Waals surface area (Å²) in [6, 6.07) is 12.9. The number of rotatable bonds is 1. The van der Waals surface area contributed by atoms with E-state index in [1.54, 1.807) is 4.90 Å². The molecular formula is C23H19FN2O2S2. The normalized spacial score (nSPS) is 26.8. The third kappa shape index (κ3) is 2.55. The zero-order valence-electron chi connectivity index (χ0n) is 16.7. The van der Waals surface area contributed by atoms with Crippen molar-refractivity contribution >= 4 is 51.4 Å². The van der Waals surface area contributed by atoms with Crippen molar-refractivity contribution in [1.82, 2.24) is 5.32 Å². The van der Waals surface area contributed by atoms with Crippen molar-refractivity contribution in [1.29, 1.82) is 0 Å². The molecule has 3 aliphatic heterocycles. The van der Waals surface area contributed by atoms with Gasteiger partial charge in [0.25, 0.3) is 11.8 Å². The van der Waals surface area contributed by atoms with Gasteiger partial charge in [0.1, 0.15) is 10.1 Å². The number of amides is 2. The summed E-state index contributed by atoms with van der Waals surface area (Å²) in [5.41, 5.74) is 2.19. The molecule has 0 aliphatic carbocycles. The molecule has 0 spiro atoms. The maximum absolute atomic E-state index is 14.9. The fraction of sp³-hybridized carbons (Fsp3) is 0.261. The predicted molar refractivity (Wildman–Crippen MR) is 121 cm³/mol. The van der Waals surface area contributed by atoms with E-state index < -0.39 is 22.7 Å². The Morgan fingerprint density at radius 1 is 1.13 bits per heavy atom. The average Bonchev–Trinajstić information content (AvgIpc) is 3.15. The highest BCUT2D eigenvalue weighted by Crippen LogP contribution is 2.57. The summed E-state index contributed by atoms with van der Waals surface area (Å²) in [6.07, 6.45) is 0.617. The van der Waals surface area contributed by atoms with Crippen molar-refractivity contribution in [2.75, 3.05) is 4.90 Å². The molecule has 0 saturated carbocycles. The molecule has 0 aromatic heterocycles. The smallest absolute Gasteiger partial charge is 0.264 e. The number of nitrogens with one attached hydrogen (secondary N) is 1. The van der Waals surface area contributed by atoms with E-state index >= 15 is 0 Å². The molecule has 0 radical (unpaired) electrons. The molecule has 2 aromatic carbocycles. The highest BCUT2D eigenvalue weighted by atomic mass is 32.2. The Kier molecular flexibility index (Phi) is 4.05. The highest BCUT2D eigenvalue weighted by Gasteiger charge is 2.54. The second-order valence-corrected chi connectivity index (χ2v) is 10.4. The van der Waals surface area contributed by atoms with E-state index in [-0.39, 0.29) is 16.4 Å². The molecule has 3 heterocycles. The average molecular weight is 439 g/mol. The first-order chi connectivity index (χ1) is 14.1. The molecule has 2 amide bonds. The van der Waals surface area contributed by atoms with E-state index in [9.17, 15) is 14.0 Å². The lowest BCUT2D eigenvalue weighted by atomic mass is 9.65. The molecule has 1 fully saturated rings. The van der Waals surface area contributed by atoms with Crippen LogP contribution >= 0.6 is 24.0 Å². The fourth-order valence-electron chi connectivity index (χ4n) is 5.16. The molecule has 0 bridgehead atoms. The molecule has 7 heteroatoms. The van der Waals surface area contributed by atoms with Crippen molar-refractivity contribution < 1.29 is 14.0 Å². The third-order valence-electron chi connectivity index (χ3n) is 6.23. The van der Waals surface area contributed by atoms with Gasteiger partial charge in [0.15, 0.2) is 0 Å². The number of carbonyl (C=O) groups excluding carboxylic acids is 2. The lowest BCUT2D eigenvalue weighted by molar-refractivity contribution is -0.116. The summed E-state index contributed by atoms with van der Waals surface area (Å²) in [6.45, 7) is 6.13. The van der Waals surface area contributed by atoms with E-state index in [1.165, 1.54) is 12.1 Å². The Hall–Kier alpha value is -2.51. The van der Waals surface area contributed by atoms with Crippen LogP contribution in [0, 0.1) is 5.82 Å². The molecule has 30 heavy (non-hydrogen) atoms. The Morgan fingerprint density at radius 2 is 1.83 bits per heavy atom. The summed E-state index contributed by atoms with van der Waals surface area (Å²) in [4.78, 5) is 28.1. The zero-order valence-corrected chi connectivity index (χ0v) is 18.3. The van der Waals surface area contributed by atoms with Crippen LogP contribution in [0.5, 0.6) is 0 Å². The van der Waals surface area contributed by atoms with Gasteiger partial charge < -0.3 is 10.2 Å². The summed E-state index contributed by atoms with van der Waals surface area (Å²) < 4.78 is 15.2. The van der Waals surface area contributed by atoms with E-state index in [0.29, 0.717) is 22.0 Å². The summed E-state index contributed by atoms with van der Waals surface area (Å²) in [5.74, 6) is -1.11. The van der Waals surface area contributed by atoms with Crippen molar-refractivity contribution in [3.8, 4) is 0 Å². The van der Waals surface area contributed by atoms with Gasteiger partial charge in [0.05, 0.1) is 16.2 Å². The first-order valence-corrected chi connectivity index (χ1v) is 10.9. The number of halogens is 1. The van der Waals surface area contributed by atoms with Crippen molar-refractivity contribution in [3.05, 3.63) is 69.9 Å². The lowest BCUT2D eigenvalue weighted by Crippen LogP contribution is -2.54. The Morgan fingerprint density at radius 3 is 2.47 bits per heavy atom. The molecule has 5 rings (SSSR count). The van der Waals surface area contributed by atoms with Crippen LogP contribution in [0.2, 0.25) is 0 Å². The second kappa shape index (κ2) is 6.25. The number of hydrogen-bond acceptors (Lipinski definition) is 4. The van der Waals surface area contributed by atoms with E-state index in [0.717, 1.165) is 22.9 Å². The van der Waals surface area contributed by atoms with Crippen molar-refractivity contribution in [3.63, 3.8) is 0 Å². The number of benzene rings is 2. The molecule has 3 aliphatic rings. The van der Waals surface area contributed by atoms with Gasteiger partial charge in [0, 0.05) is 16.5 Å². The maximum Gasteiger partial charge on any atom is 0.264 e. The summed E-state index contributed by atoms with van der Waals surface area (Å²) >= 11 is 6.17. The monoisotopic (exact) mass is 438 g/mol. The van der Waals surface area contributed by atoms with Gasteiger partial charge in [-0.05, 0) is 43.5 Å². The van der Waals surface area contributed by atoms with Gasteiger partial charge in [-0.2, -0.15) is 0 Å². The summed E-state index contributed by atoms with van der Waals surface area (Å²) in [5, 5.41) is 2.57. The largest absolute Gasteiger partial charge is 0.307 e. The van der Waals surface area contributed by atoms with Crippen LogP contribution in [0.25, 0.3) is 5.57 Å². The van der Waals surface area contributed by atoms with Crippen molar-refractivity contribution in [2.24, 2.45) is 0 Å². The number of thiocarbonyl (C=S) groups is 1. The minimum atomic E-state index is -0.538. The second-order valence-electron chi connectivity index (χ2n) is 8.73. The van der Waals surface area contributed by atoms with Crippen LogP contribution in [0.4, 0.5) is 10.1 Å². The van der Waals surface area contributed by atoms with Crippen LogP contribution in [-0.4, -0.2) is 21.7 Å². The zero-order chi connectivity index (χ0) is 21.4. The van der Waals surface area contributed by atoms with E-state index in [1.807, 2.05) is 44.2 Å². The molecular weight excluding hydrogens is 419 g/mol. The molecule has 152 valence electrons. The molecule has 1 N–H and O–H groups in total. The quantitative estimate of drug-likeness (QED) is 0.525. The molecule has 1 unspecified atom stereocenters. The standard InChI is InChI=1S/C23H19FN2O2S2/c1-22(2)11-23(3,12-7-5-4-6-8-12)15-10-13(24)9-14-16(20(28)26(22)17(14)15)18-19(27)25-21(29)30-18/h4-10H,11H2,1-3H3,(H,25,27,29). The van der Waals surface area contributed by atoms with Gasteiger partial charge in [0.2, 0.25) is 0 Å². The van der Waals surface area contributed by atoms with Gasteiger partial charge in [-0.25, -0.2) is 4.39 Å². The van der Waals surface area contributed by atoms with Crippen molar-refractivity contribution in [2.45, 2.75) is 38.1 Å². The van der Waals surface area contributed by atoms with Gasteiger partial charge in [-0.3, -0.25) is 9.59 Å². The van der Waals surface area contributed by atoms with Crippen LogP contribution in [-0.2, 0) is 15.0 Å². The first kappa shape index (κ1) is 19.5. The number of anilines is 1. The Bertz CT molecular complexity index is 1190. The summed E-state index contributed by atoms with van der Waals surface area (Å²) in [7, 11) is 0. The molecule has 4 nitrogen and oxygen atoms in total. The van der Waals surface area contributed by atoms with Crippen LogP contribution in [0.15, 0.2) is 47.4 Å². The Balaban J connectivity index is 1.86. The minimum absolute atomic E-state index is 0.235. The fourth-order valence-corrected chi connectivity index (χ4v) is 6.27. The van der Waals surface area contributed by atoms with Gasteiger partial charge in [-0.1, -0.05) is 61.2 Å². The number of thioether (sulfide) groups is 1. The number of hydrogen-bond donors (Lipinski definition) is 1. The maximum atomic E-state index is 14.9. The predicted octanol–water partition coefficient (Wildman–Crippen LogP) is 4.52. The van der Waals surface area contributed by atoms with Gasteiger partial charge in [-0.15, -0.1) is 0 Å². The van der Waals surface area contributed by atoms with Crippen LogP contribution < -0.4 is 10.2 Å². The van der Waals surface area contributed by atoms with E-state index in [4.69, 9.17) is 12.2 Å². The van der Waals surface area contributed by atoms with Gasteiger partial charge >= 0.3 is 0 Å². The molecule has 1 saturated heterocycles. The number of nitrogens with zero attached hydrogens (tertiary/aromatic N) is 1. The van der Waals surface area contributed by atoms with Crippen LogP contribution in [0.3, 0.4) is 0 Å². The first-order valence-electron chi connectivity index (χ1n) is 9.65. The Labute approximate surface area is 183 Å².